The second-order valence-corrected chi connectivity index (χ2v) is 11.1. The van der Waals surface area contributed by atoms with Gasteiger partial charge in [0, 0.05) is 17.0 Å². The zero-order valence-corrected chi connectivity index (χ0v) is 19.8. The third-order valence-electron chi connectivity index (χ3n) is 6.27. The van der Waals surface area contributed by atoms with E-state index in [-0.39, 0.29) is 28.1 Å². The van der Waals surface area contributed by atoms with E-state index < -0.39 is 63.8 Å². The van der Waals surface area contributed by atoms with Gasteiger partial charge in [-0.1, -0.05) is 41.9 Å². The van der Waals surface area contributed by atoms with Crippen molar-refractivity contribution in [3.8, 4) is 11.1 Å². The zero-order valence-electron chi connectivity index (χ0n) is 18.2. The van der Waals surface area contributed by atoms with Gasteiger partial charge in [-0.3, -0.25) is 4.79 Å². The number of nitrogens with zero attached hydrogens (tertiary/aromatic N) is 1. The molecular weight excluding hydrogens is 496 g/mol. The van der Waals surface area contributed by atoms with E-state index in [2.05, 4.69) is 0 Å². The van der Waals surface area contributed by atoms with Crippen LogP contribution in [0.15, 0.2) is 36.4 Å². The van der Waals surface area contributed by atoms with E-state index in [0.717, 1.165) is 4.90 Å². The van der Waals surface area contributed by atoms with Crippen LogP contribution in [0, 0.1) is 17.6 Å². The highest BCUT2D eigenvalue weighted by Gasteiger charge is 2.58. The lowest BCUT2D eigenvalue weighted by atomic mass is 9.95. The van der Waals surface area contributed by atoms with Crippen molar-refractivity contribution < 1.29 is 30.8 Å². The molecule has 0 aromatic heterocycles. The highest BCUT2D eigenvalue weighted by Crippen LogP contribution is 2.40. The first kappa shape index (κ1) is 24.9. The molecule has 0 radical (unpaired) electrons. The maximum Gasteiger partial charge on any atom is 0.283 e. The van der Waals surface area contributed by atoms with Crippen LogP contribution in [0.3, 0.4) is 0 Å². The van der Waals surface area contributed by atoms with Crippen LogP contribution in [0.4, 0.5) is 17.6 Å². The molecule has 34 heavy (non-hydrogen) atoms. The van der Waals surface area contributed by atoms with Crippen molar-refractivity contribution >= 4 is 27.5 Å². The highest BCUT2D eigenvalue weighted by molar-refractivity contribution is 7.89. The molecule has 184 valence electrons. The van der Waals surface area contributed by atoms with Gasteiger partial charge in [0.2, 0.25) is 15.9 Å². The monoisotopic (exact) mass is 518 g/mol. The van der Waals surface area contributed by atoms with Crippen LogP contribution in [0.25, 0.3) is 11.1 Å². The van der Waals surface area contributed by atoms with E-state index in [1.807, 2.05) is 4.72 Å². The SMILES string of the molecule is CCS(=O)(=O)N[C@@H]1[C@H](Cc2cccc(-c3cccc(Cl)c3F)c2F)N(C(=O)C2CC2)CC1(F)F. The van der Waals surface area contributed by atoms with Gasteiger partial charge in [-0.05, 0) is 37.8 Å². The summed E-state index contributed by atoms with van der Waals surface area (Å²) < 4.78 is 86.4. The first-order valence-corrected chi connectivity index (χ1v) is 12.9. The number of hydrogen-bond donors (Lipinski definition) is 1. The minimum absolute atomic E-state index is 0.0473. The standard InChI is InChI=1S/C23H23ClF4N2O3S/c1-2-34(32,33)29-21-18(30(12-23(21,27)28)22(31)13-9-10-13)11-14-5-3-6-15(19(14)25)16-7-4-8-17(24)20(16)26/h3-8,13,18,21,29H,2,9-12H2,1H3/t18-,21+/m0/s1. The van der Waals surface area contributed by atoms with E-state index >= 15 is 4.39 Å². The summed E-state index contributed by atoms with van der Waals surface area (Å²) in [5, 5.41) is -0.201. The number of nitrogens with one attached hydrogen (secondary N) is 1. The van der Waals surface area contributed by atoms with Gasteiger partial charge in [0.15, 0.2) is 0 Å². The van der Waals surface area contributed by atoms with E-state index in [1.165, 1.54) is 43.3 Å². The van der Waals surface area contributed by atoms with Crippen LogP contribution in [0.2, 0.25) is 5.02 Å². The Balaban J connectivity index is 1.74. The smallest absolute Gasteiger partial charge is 0.283 e. The largest absolute Gasteiger partial charge is 0.331 e. The Bertz CT molecular complexity index is 1220. The molecule has 1 saturated heterocycles. The van der Waals surface area contributed by atoms with Crippen molar-refractivity contribution in [1.82, 2.24) is 9.62 Å². The van der Waals surface area contributed by atoms with Gasteiger partial charge in [-0.2, -0.15) is 0 Å². The molecular formula is C23H23ClF4N2O3S. The molecule has 1 heterocycles. The zero-order chi connectivity index (χ0) is 24.8. The molecule has 2 fully saturated rings. The molecule has 2 aromatic carbocycles. The van der Waals surface area contributed by atoms with Gasteiger partial charge in [0.25, 0.3) is 5.92 Å². The van der Waals surface area contributed by atoms with Crippen LogP contribution in [0.1, 0.15) is 25.3 Å². The Hall–Kier alpha value is -2.17. The Morgan fingerprint density at radius 3 is 2.35 bits per heavy atom. The fraction of sp³-hybridized carbons (Fsp3) is 0.435. The molecule has 5 nitrogen and oxygen atoms in total. The minimum Gasteiger partial charge on any atom is -0.331 e. The number of carbonyl (C=O) groups excluding carboxylic acids is 1. The summed E-state index contributed by atoms with van der Waals surface area (Å²) in [4.78, 5) is 13.8. The first-order valence-electron chi connectivity index (χ1n) is 10.8. The van der Waals surface area contributed by atoms with Crippen molar-refractivity contribution in [3.63, 3.8) is 0 Å². The molecule has 1 amide bonds. The lowest BCUT2D eigenvalue weighted by Gasteiger charge is -2.29. The number of benzene rings is 2. The average molecular weight is 519 g/mol. The number of likely N-dealkylation sites (tertiary alicyclic amines) is 1. The molecule has 2 aliphatic rings. The highest BCUT2D eigenvalue weighted by atomic mass is 35.5. The third kappa shape index (κ3) is 4.81. The van der Waals surface area contributed by atoms with Crippen LogP contribution < -0.4 is 4.72 Å². The summed E-state index contributed by atoms with van der Waals surface area (Å²) in [5.41, 5.74) is -0.264. The Labute approximate surface area is 200 Å². The van der Waals surface area contributed by atoms with Crippen molar-refractivity contribution in [2.75, 3.05) is 12.3 Å². The van der Waals surface area contributed by atoms with E-state index in [1.54, 1.807) is 0 Å². The maximum atomic E-state index is 15.5. The molecule has 0 spiro atoms. The lowest BCUT2D eigenvalue weighted by molar-refractivity contribution is -0.134. The third-order valence-corrected chi connectivity index (χ3v) is 7.93. The van der Waals surface area contributed by atoms with Gasteiger partial charge in [-0.25, -0.2) is 30.7 Å². The summed E-state index contributed by atoms with van der Waals surface area (Å²) in [6.45, 7) is 0.342. The average Bonchev–Trinajstić information content (AvgIpc) is 3.60. The van der Waals surface area contributed by atoms with Crippen molar-refractivity contribution in [1.29, 1.82) is 0 Å². The molecule has 11 heteroatoms. The summed E-state index contributed by atoms with van der Waals surface area (Å²) in [5.74, 6) is -6.55. The lowest BCUT2D eigenvalue weighted by Crippen LogP contribution is -2.52. The summed E-state index contributed by atoms with van der Waals surface area (Å²) in [6.07, 6.45) is 0.751. The van der Waals surface area contributed by atoms with Crippen LogP contribution in [0.5, 0.6) is 0 Å². The van der Waals surface area contributed by atoms with E-state index in [0.29, 0.717) is 12.8 Å². The van der Waals surface area contributed by atoms with E-state index in [4.69, 9.17) is 11.6 Å². The molecule has 2 atom stereocenters. The summed E-state index contributed by atoms with van der Waals surface area (Å²) in [6, 6.07) is 4.99. The molecule has 4 rings (SSSR count). The van der Waals surface area contributed by atoms with Crippen LogP contribution in [-0.2, 0) is 21.2 Å². The van der Waals surface area contributed by atoms with Crippen molar-refractivity contribution in [3.05, 3.63) is 58.6 Å². The normalized spacial score (nSPS) is 22.2. The number of hydrogen-bond acceptors (Lipinski definition) is 3. The molecule has 1 saturated carbocycles. The fourth-order valence-electron chi connectivity index (χ4n) is 4.26. The van der Waals surface area contributed by atoms with Gasteiger partial charge < -0.3 is 4.90 Å². The Morgan fingerprint density at radius 2 is 1.74 bits per heavy atom. The van der Waals surface area contributed by atoms with Gasteiger partial charge >= 0.3 is 0 Å². The van der Waals surface area contributed by atoms with Crippen molar-refractivity contribution in [2.24, 2.45) is 5.92 Å². The number of alkyl halides is 2. The number of carbonyl (C=O) groups is 1. The number of rotatable bonds is 7. The van der Waals surface area contributed by atoms with Crippen LogP contribution in [-0.4, -0.2) is 49.5 Å². The second-order valence-electron chi connectivity index (χ2n) is 8.65. The summed E-state index contributed by atoms with van der Waals surface area (Å²) >= 11 is 5.82. The predicted octanol–water partition coefficient (Wildman–Crippen LogP) is 4.39. The molecule has 1 aliphatic carbocycles. The number of sulfonamides is 1. The van der Waals surface area contributed by atoms with E-state index in [9.17, 15) is 26.4 Å². The molecule has 2 aromatic rings. The Morgan fingerprint density at radius 1 is 1.12 bits per heavy atom. The topological polar surface area (TPSA) is 66.5 Å². The first-order chi connectivity index (χ1) is 15.9. The summed E-state index contributed by atoms with van der Waals surface area (Å²) in [7, 11) is -4.05. The van der Waals surface area contributed by atoms with Crippen molar-refractivity contribution in [2.45, 2.75) is 44.2 Å². The Kier molecular flexibility index (Phi) is 6.69. The number of amides is 1. The molecule has 0 unspecified atom stereocenters. The maximum absolute atomic E-state index is 15.5. The van der Waals surface area contributed by atoms with Gasteiger partial charge in [0.1, 0.15) is 17.7 Å². The predicted molar refractivity (Wildman–Crippen MR) is 120 cm³/mol. The number of halogens is 5. The van der Waals surface area contributed by atoms with Gasteiger partial charge in [0.05, 0.1) is 23.4 Å². The molecule has 0 bridgehead atoms. The second kappa shape index (κ2) is 9.13. The van der Waals surface area contributed by atoms with Gasteiger partial charge in [-0.15, -0.1) is 0 Å². The minimum atomic E-state index is -4.05. The molecule has 1 N–H and O–H groups in total. The van der Waals surface area contributed by atoms with Crippen LogP contribution >= 0.6 is 11.6 Å². The molecule has 1 aliphatic heterocycles. The quantitative estimate of drug-likeness (QED) is 0.553. The fourth-order valence-corrected chi connectivity index (χ4v) is 5.32.